The van der Waals surface area contributed by atoms with Crippen molar-refractivity contribution >= 4 is 23.9 Å². The first kappa shape index (κ1) is 16.5. The van der Waals surface area contributed by atoms with Crippen LogP contribution in [0.2, 0.25) is 0 Å². The molecule has 1 aliphatic heterocycles. The summed E-state index contributed by atoms with van der Waals surface area (Å²) >= 11 is 0. The van der Waals surface area contributed by atoms with Gasteiger partial charge < -0.3 is 14.2 Å². The number of carbonyl (C=O) groups excluding carboxylic acids is 2. The number of ketones is 1. The molecule has 2 aromatic rings. The second kappa shape index (κ2) is 7.49. The van der Waals surface area contributed by atoms with Gasteiger partial charge in [-0.3, -0.25) is 4.79 Å². The third-order valence-electron chi connectivity index (χ3n) is 3.61. The summed E-state index contributed by atoms with van der Waals surface area (Å²) < 4.78 is 15.3. The quantitative estimate of drug-likeness (QED) is 0.363. The number of esters is 1. The third-order valence-corrected chi connectivity index (χ3v) is 3.61. The minimum absolute atomic E-state index is 0.0364. The number of rotatable bonds is 5. The molecule has 0 aromatic heterocycles. The van der Waals surface area contributed by atoms with Crippen molar-refractivity contribution < 1.29 is 23.8 Å². The molecule has 0 saturated carbocycles. The number of benzene rings is 2. The van der Waals surface area contributed by atoms with E-state index in [1.165, 1.54) is 19.3 Å². The molecule has 126 valence electrons. The summed E-state index contributed by atoms with van der Waals surface area (Å²) in [5.41, 5.74) is 1.47. The maximum Gasteiger partial charge on any atom is 0.341 e. The topological polar surface area (TPSA) is 61.8 Å². The van der Waals surface area contributed by atoms with Crippen LogP contribution in [0.5, 0.6) is 11.5 Å². The van der Waals surface area contributed by atoms with Gasteiger partial charge in [0.05, 0.1) is 7.11 Å². The third kappa shape index (κ3) is 3.95. The van der Waals surface area contributed by atoms with Gasteiger partial charge in [-0.2, -0.15) is 0 Å². The van der Waals surface area contributed by atoms with E-state index >= 15 is 0 Å². The van der Waals surface area contributed by atoms with Crippen LogP contribution in [0.15, 0.2) is 60.2 Å². The molecule has 0 atom stereocenters. The van der Waals surface area contributed by atoms with Crippen molar-refractivity contribution in [1.29, 1.82) is 0 Å². The fourth-order valence-electron chi connectivity index (χ4n) is 2.34. The van der Waals surface area contributed by atoms with E-state index in [2.05, 4.69) is 0 Å². The van der Waals surface area contributed by atoms with Gasteiger partial charge in [0, 0.05) is 0 Å². The zero-order chi connectivity index (χ0) is 17.6. The maximum atomic E-state index is 12.4. The lowest BCUT2D eigenvalue weighted by Crippen LogP contribution is -2.12. The normalized spacial score (nSPS) is 13.1. The van der Waals surface area contributed by atoms with Crippen LogP contribution in [0, 0.1) is 0 Å². The molecule has 3 rings (SSSR count). The van der Waals surface area contributed by atoms with Crippen molar-refractivity contribution in [2.24, 2.45) is 0 Å². The summed E-state index contributed by atoms with van der Waals surface area (Å²) in [5.74, 6) is 0.183. The van der Waals surface area contributed by atoms with Crippen molar-refractivity contribution in [3.05, 3.63) is 71.3 Å². The van der Waals surface area contributed by atoms with E-state index in [1.807, 2.05) is 18.2 Å². The average Bonchev–Trinajstić information content (AvgIpc) is 3.12. The highest BCUT2D eigenvalue weighted by Gasteiger charge is 2.17. The monoisotopic (exact) mass is 336 g/mol. The fraction of sp³-hybridized carbons (Fsp3) is 0.100. The molecule has 0 unspecified atom stereocenters. The Hall–Kier alpha value is -3.34. The zero-order valence-corrected chi connectivity index (χ0v) is 13.6. The molecular weight excluding hydrogens is 320 g/mol. The highest BCUT2D eigenvalue weighted by molar-refractivity contribution is 6.25. The van der Waals surface area contributed by atoms with Crippen molar-refractivity contribution in [1.82, 2.24) is 0 Å². The number of fused-ring (bicyclic) bond motifs is 1. The first-order valence-electron chi connectivity index (χ1n) is 7.64. The predicted molar refractivity (Wildman–Crippen MR) is 93.0 cm³/mol. The van der Waals surface area contributed by atoms with Crippen LogP contribution in [0.1, 0.15) is 11.1 Å². The molecule has 0 saturated heterocycles. The van der Waals surface area contributed by atoms with Gasteiger partial charge in [0.15, 0.2) is 17.3 Å². The predicted octanol–water partition coefficient (Wildman–Crippen LogP) is 3.25. The van der Waals surface area contributed by atoms with Gasteiger partial charge in [-0.25, -0.2) is 4.79 Å². The van der Waals surface area contributed by atoms with Crippen LogP contribution in [-0.4, -0.2) is 25.7 Å². The van der Waals surface area contributed by atoms with Crippen molar-refractivity contribution in [2.75, 3.05) is 13.9 Å². The molecule has 0 fully saturated rings. The SMILES string of the molecule is COC(=O)/C(=C\c1ccccc1)C(=O)/C=C/c1ccc2c(c1)OCO2. The number of ether oxygens (including phenoxy) is 3. The molecule has 1 heterocycles. The van der Waals surface area contributed by atoms with Gasteiger partial charge in [0.25, 0.3) is 0 Å². The Bertz CT molecular complexity index is 850. The smallest absolute Gasteiger partial charge is 0.341 e. The van der Waals surface area contributed by atoms with Crippen molar-refractivity contribution in [3.63, 3.8) is 0 Å². The molecule has 0 bridgehead atoms. The molecule has 25 heavy (non-hydrogen) atoms. The fourth-order valence-corrected chi connectivity index (χ4v) is 2.34. The Morgan fingerprint density at radius 3 is 2.52 bits per heavy atom. The summed E-state index contributed by atoms with van der Waals surface area (Å²) in [5, 5.41) is 0. The maximum absolute atomic E-state index is 12.4. The molecule has 0 aliphatic carbocycles. The highest BCUT2D eigenvalue weighted by atomic mass is 16.7. The summed E-state index contributed by atoms with van der Waals surface area (Å²) in [6.45, 7) is 0.188. The van der Waals surface area contributed by atoms with Gasteiger partial charge in [-0.15, -0.1) is 0 Å². The van der Waals surface area contributed by atoms with Gasteiger partial charge in [-0.1, -0.05) is 42.5 Å². The molecule has 1 aliphatic rings. The summed E-state index contributed by atoms with van der Waals surface area (Å²) in [6, 6.07) is 14.5. The Kier molecular flexibility index (Phi) is 4.95. The van der Waals surface area contributed by atoms with Gasteiger partial charge in [0.2, 0.25) is 6.79 Å². The highest BCUT2D eigenvalue weighted by Crippen LogP contribution is 2.32. The van der Waals surface area contributed by atoms with E-state index in [1.54, 1.807) is 36.4 Å². The molecule has 5 nitrogen and oxygen atoms in total. The molecular formula is C20H16O5. The second-order valence-corrected chi connectivity index (χ2v) is 5.27. The lowest BCUT2D eigenvalue weighted by Gasteiger charge is -2.02. The van der Waals surface area contributed by atoms with E-state index in [0.29, 0.717) is 11.5 Å². The number of carbonyl (C=O) groups is 2. The summed E-state index contributed by atoms with van der Waals surface area (Å²) in [6.07, 6.45) is 4.47. The van der Waals surface area contributed by atoms with Gasteiger partial charge in [0.1, 0.15) is 5.57 Å². The minimum Gasteiger partial charge on any atom is -0.465 e. The lowest BCUT2D eigenvalue weighted by molar-refractivity contribution is -0.137. The largest absolute Gasteiger partial charge is 0.465 e. The number of hydrogen-bond acceptors (Lipinski definition) is 5. The van der Waals surface area contributed by atoms with E-state index in [-0.39, 0.29) is 12.4 Å². The first-order chi connectivity index (χ1) is 12.2. The van der Waals surface area contributed by atoms with E-state index < -0.39 is 11.8 Å². The van der Waals surface area contributed by atoms with Crippen molar-refractivity contribution in [2.45, 2.75) is 0 Å². The Balaban J connectivity index is 1.83. The Morgan fingerprint density at radius 2 is 1.76 bits per heavy atom. The Morgan fingerprint density at radius 1 is 1.00 bits per heavy atom. The Labute approximate surface area is 145 Å². The van der Waals surface area contributed by atoms with Crippen LogP contribution in [0.4, 0.5) is 0 Å². The van der Waals surface area contributed by atoms with E-state index in [4.69, 9.17) is 14.2 Å². The van der Waals surface area contributed by atoms with Crippen LogP contribution in [0.3, 0.4) is 0 Å². The number of methoxy groups -OCH3 is 1. The van der Waals surface area contributed by atoms with Crippen LogP contribution >= 0.6 is 0 Å². The van der Waals surface area contributed by atoms with Gasteiger partial charge >= 0.3 is 5.97 Å². The zero-order valence-electron chi connectivity index (χ0n) is 13.6. The minimum atomic E-state index is -0.677. The van der Waals surface area contributed by atoms with Gasteiger partial charge in [-0.05, 0) is 35.4 Å². The van der Waals surface area contributed by atoms with Crippen LogP contribution in [-0.2, 0) is 14.3 Å². The van der Waals surface area contributed by atoms with Crippen molar-refractivity contribution in [3.8, 4) is 11.5 Å². The summed E-state index contributed by atoms with van der Waals surface area (Å²) in [4.78, 5) is 24.4. The van der Waals surface area contributed by atoms with Crippen LogP contribution < -0.4 is 9.47 Å². The summed E-state index contributed by atoms with van der Waals surface area (Å²) in [7, 11) is 1.25. The first-order valence-corrected chi connectivity index (χ1v) is 7.64. The molecule has 0 radical (unpaired) electrons. The average molecular weight is 336 g/mol. The number of allylic oxidation sites excluding steroid dienone is 1. The number of hydrogen-bond donors (Lipinski definition) is 0. The van der Waals surface area contributed by atoms with E-state index in [0.717, 1.165) is 11.1 Å². The van der Waals surface area contributed by atoms with E-state index in [9.17, 15) is 9.59 Å². The lowest BCUT2D eigenvalue weighted by atomic mass is 10.1. The molecule has 0 amide bonds. The molecule has 5 heteroatoms. The van der Waals surface area contributed by atoms with Crippen LogP contribution in [0.25, 0.3) is 12.2 Å². The molecule has 0 N–H and O–H groups in total. The standard InChI is InChI=1S/C20H16O5/c1-23-20(22)16(11-14-5-3-2-4-6-14)17(21)9-7-15-8-10-18-19(12-15)25-13-24-18/h2-12H,13H2,1H3/b9-7+,16-11-. The molecule has 0 spiro atoms. The molecule has 2 aromatic carbocycles. The second-order valence-electron chi connectivity index (χ2n) is 5.27.